The van der Waals surface area contributed by atoms with E-state index < -0.39 is 0 Å². The zero-order chi connectivity index (χ0) is 19.2. The van der Waals surface area contributed by atoms with Crippen LogP contribution in [0.5, 0.6) is 0 Å². The van der Waals surface area contributed by atoms with Crippen molar-refractivity contribution in [2.24, 2.45) is 11.8 Å². The van der Waals surface area contributed by atoms with Crippen molar-refractivity contribution in [2.45, 2.75) is 97.0 Å². The highest BCUT2D eigenvalue weighted by atomic mass is 16.5. The average molecular weight is 367 g/mol. The second kappa shape index (κ2) is 14.0. The predicted molar refractivity (Wildman–Crippen MR) is 105 cm³/mol. The molecule has 1 fully saturated rings. The number of unbranched alkanes of at least 4 members (excludes halogenated alkanes) is 5. The molecule has 0 aromatic heterocycles. The van der Waals surface area contributed by atoms with Gasteiger partial charge in [-0.2, -0.15) is 0 Å². The molecule has 0 saturated heterocycles. The Kier molecular flexibility index (Phi) is 12.3. The third-order valence-corrected chi connectivity index (χ3v) is 5.37. The Hall–Kier alpha value is -1.16. The first-order valence-electron chi connectivity index (χ1n) is 10.6. The molecule has 1 rings (SSSR count). The summed E-state index contributed by atoms with van der Waals surface area (Å²) in [5.41, 5.74) is 0. The molecule has 4 nitrogen and oxygen atoms in total. The summed E-state index contributed by atoms with van der Waals surface area (Å²) in [7, 11) is 0. The van der Waals surface area contributed by atoms with E-state index in [1.54, 1.807) is 6.08 Å². The molecule has 0 spiro atoms. The molecule has 0 amide bonds. The van der Waals surface area contributed by atoms with Crippen molar-refractivity contribution in [3.8, 4) is 0 Å². The van der Waals surface area contributed by atoms with Gasteiger partial charge in [-0.25, -0.2) is 0 Å². The van der Waals surface area contributed by atoms with Crippen molar-refractivity contribution in [1.29, 1.82) is 0 Å². The number of aliphatic hydroxyl groups is 1. The Labute approximate surface area is 159 Å². The molecule has 0 aliphatic heterocycles. The SMILES string of the molecule is CCCCCC(=O)C=C[C@H]1CC[C@H](O)[C@@H]1CCCCCCC(=O)OCC. The van der Waals surface area contributed by atoms with E-state index in [9.17, 15) is 14.7 Å². The number of ether oxygens (including phenoxy) is 1. The minimum Gasteiger partial charge on any atom is -0.466 e. The first-order valence-corrected chi connectivity index (χ1v) is 10.6. The third-order valence-electron chi connectivity index (χ3n) is 5.37. The molecule has 4 heteroatoms. The fraction of sp³-hybridized carbons (Fsp3) is 0.818. The van der Waals surface area contributed by atoms with E-state index in [0.717, 1.165) is 64.2 Å². The zero-order valence-electron chi connectivity index (χ0n) is 16.8. The van der Waals surface area contributed by atoms with Crippen LogP contribution in [0.4, 0.5) is 0 Å². The lowest BCUT2D eigenvalue weighted by Gasteiger charge is -2.19. The Bertz CT molecular complexity index is 430. The summed E-state index contributed by atoms with van der Waals surface area (Å²) < 4.78 is 4.93. The maximum atomic E-state index is 11.9. The number of hydrogen-bond donors (Lipinski definition) is 1. The number of ketones is 1. The van der Waals surface area contributed by atoms with Crippen LogP contribution in [0.25, 0.3) is 0 Å². The van der Waals surface area contributed by atoms with Crippen molar-refractivity contribution >= 4 is 11.8 Å². The molecule has 0 bridgehead atoms. The Morgan fingerprint density at radius 2 is 1.73 bits per heavy atom. The summed E-state index contributed by atoms with van der Waals surface area (Å²) in [4.78, 5) is 23.2. The van der Waals surface area contributed by atoms with Gasteiger partial charge in [0.1, 0.15) is 0 Å². The Morgan fingerprint density at radius 1 is 1.00 bits per heavy atom. The van der Waals surface area contributed by atoms with Crippen LogP contribution in [-0.4, -0.2) is 29.6 Å². The van der Waals surface area contributed by atoms with Gasteiger partial charge in [0.2, 0.25) is 0 Å². The molecule has 3 atom stereocenters. The zero-order valence-corrected chi connectivity index (χ0v) is 16.8. The largest absolute Gasteiger partial charge is 0.466 e. The van der Waals surface area contributed by atoms with E-state index in [-0.39, 0.29) is 23.8 Å². The van der Waals surface area contributed by atoms with Crippen LogP contribution >= 0.6 is 0 Å². The van der Waals surface area contributed by atoms with Crippen molar-refractivity contribution in [2.75, 3.05) is 6.61 Å². The summed E-state index contributed by atoms with van der Waals surface area (Å²) in [6.07, 6.45) is 14.8. The van der Waals surface area contributed by atoms with Gasteiger partial charge < -0.3 is 9.84 Å². The lowest BCUT2D eigenvalue weighted by Crippen LogP contribution is -2.18. The van der Waals surface area contributed by atoms with Gasteiger partial charge in [0.25, 0.3) is 0 Å². The lowest BCUT2D eigenvalue weighted by atomic mass is 9.88. The lowest BCUT2D eigenvalue weighted by molar-refractivity contribution is -0.143. The van der Waals surface area contributed by atoms with E-state index in [1.807, 2.05) is 6.92 Å². The van der Waals surface area contributed by atoms with E-state index in [4.69, 9.17) is 4.74 Å². The van der Waals surface area contributed by atoms with E-state index >= 15 is 0 Å². The highest BCUT2D eigenvalue weighted by Gasteiger charge is 2.32. The number of hydrogen-bond acceptors (Lipinski definition) is 4. The molecule has 0 aromatic rings. The first-order chi connectivity index (χ1) is 12.6. The van der Waals surface area contributed by atoms with Gasteiger partial charge in [-0.05, 0) is 56.9 Å². The molecular weight excluding hydrogens is 328 g/mol. The Morgan fingerprint density at radius 3 is 2.46 bits per heavy atom. The van der Waals surface area contributed by atoms with Crippen molar-refractivity contribution in [3.05, 3.63) is 12.2 Å². The summed E-state index contributed by atoms with van der Waals surface area (Å²) in [5, 5.41) is 10.3. The summed E-state index contributed by atoms with van der Waals surface area (Å²) in [6, 6.07) is 0. The molecule has 0 radical (unpaired) electrons. The summed E-state index contributed by atoms with van der Waals surface area (Å²) >= 11 is 0. The van der Waals surface area contributed by atoms with Crippen molar-refractivity contribution in [3.63, 3.8) is 0 Å². The Balaban J connectivity index is 2.24. The maximum Gasteiger partial charge on any atom is 0.305 e. The van der Waals surface area contributed by atoms with Gasteiger partial charge in [-0.1, -0.05) is 45.1 Å². The first kappa shape index (κ1) is 22.9. The second-order valence-corrected chi connectivity index (χ2v) is 7.51. The predicted octanol–water partition coefficient (Wildman–Crippen LogP) is 4.98. The number of rotatable bonds is 14. The smallest absolute Gasteiger partial charge is 0.305 e. The van der Waals surface area contributed by atoms with E-state index in [1.165, 1.54) is 0 Å². The van der Waals surface area contributed by atoms with Crippen molar-refractivity contribution < 1.29 is 19.4 Å². The van der Waals surface area contributed by atoms with Gasteiger partial charge in [0, 0.05) is 12.8 Å². The average Bonchev–Trinajstić information content (AvgIpc) is 2.96. The van der Waals surface area contributed by atoms with Crippen LogP contribution in [0.15, 0.2) is 12.2 Å². The van der Waals surface area contributed by atoms with Crippen LogP contribution in [0.3, 0.4) is 0 Å². The summed E-state index contributed by atoms with van der Waals surface area (Å²) in [5.74, 6) is 0.726. The van der Waals surface area contributed by atoms with Crippen LogP contribution < -0.4 is 0 Å². The van der Waals surface area contributed by atoms with E-state index in [2.05, 4.69) is 13.0 Å². The monoisotopic (exact) mass is 366 g/mol. The van der Waals surface area contributed by atoms with Crippen LogP contribution in [0.2, 0.25) is 0 Å². The third kappa shape index (κ3) is 9.51. The molecule has 0 aromatic carbocycles. The molecule has 0 heterocycles. The molecule has 150 valence electrons. The summed E-state index contributed by atoms with van der Waals surface area (Å²) in [6.45, 7) is 4.42. The van der Waals surface area contributed by atoms with Gasteiger partial charge in [0.15, 0.2) is 5.78 Å². The molecule has 26 heavy (non-hydrogen) atoms. The van der Waals surface area contributed by atoms with Gasteiger partial charge in [0.05, 0.1) is 12.7 Å². The maximum absolute atomic E-state index is 11.9. The molecule has 1 aliphatic carbocycles. The minimum absolute atomic E-state index is 0.104. The topological polar surface area (TPSA) is 63.6 Å². The van der Waals surface area contributed by atoms with Gasteiger partial charge in [-0.15, -0.1) is 0 Å². The number of aliphatic hydroxyl groups excluding tert-OH is 1. The fourth-order valence-corrected chi connectivity index (χ4v) is 3.82. The van der Waals surface area contributed by atoms with E-state index in [0.29, 0.717) is 25.4 Å². The van der Waals surface area contributed by atoms with Crippen LogP contribution in [0, 0.1) is 11.8 Å². The minimum atomic E-state index is -0.237. The molecule has 0 unspecified atom stereocenters. The number of allylic oxidation sites excluding steroid dienone is 2. The second-order valence-electron chi connectivity index (χ2n) is 7.51. The number of esters is 1. The van der Waals surface area contributed by atoms with Crippen molar-refractivity contribution in [1.82, 2.24) is 0 Å². The molecule has 1 aliphatic rings. The quantitative estimate of drug-likeness (QED) is 0.267. The molecule has 1 saturated carbocycles. The standard InChI is InChI=1S/C22H38O4/c1-3-5-8-11-19(23)16-14-18-15-17-21(24)20(18)12-9-6-7-10-13-22(25)26-4-2/h14,16,18,20-21,24H,3-13,15,17H2,1-2H3/t18-,20+,21-/m0/s1. The van der Waals surface area contributed by atoms with Gasteiger partial charge >= 0.3 is 5.97 Å². The molecule has 1 N–H and O–H groups in total. The fourth-order valence-electron chi connectivity index (χ4n) is 3.82. The van der Waals surface area contributed by atoms with Crippen LogP contribution in [0.1, 0.15) is 90.9 Å². The highest BCUT2D eigenvalue weighted by molar-refractivity contribution is 5.89. The number of carbonyl (C=O) groups excluding carboxylic acids is 2. The molecular formula is C22H38O4. The van der Waals surface area contributed by atoms with Crippen LogP contribution in [-0.2, 0) is 14.3 Å². The number of carbonyl (C=O) groups is 2. The van der Waals surface area contributed by atoms with Gasteiger partial charge in [-0.3, -0.25) is 9.59 Å². The normalized spacial score (nSPS) is 22.8. The highest BCUT2D eigenvalue weighted by Crippen LogP contribution is 2.36.